The quantitative estimate of drug-likeness (QED) is 0.754. The molecule has 0 aromatic carbocycles. The van der Waals surface area contributed by atoms with Crippen LogP contribution in [0.3, 0.4) is 0 Å². The van der Waals surface area contributed by atoms with Crippen LogP contribution in [-0.2, 0) is 25.7 Å². The Morgan fingerprint density at radius 2 is 1.67 bits per heavy atom. The fourth-order valence-electron chi connectivity index (χ4n) is 5.14. The molecular formula is C21H24ClN5. The number of hydrogen-bond acceptors (Lipinski definition) is 4. The van der Waals surface area contributed by atoms with E-state index in [1.165, 1.54) is 41.2 Å². The summed E-state index contributed by atoms with van der Waals surface area (Å²) in [6.07, 6.45) is 9.53. The lowest BCUT2D eigenvalue weighted by Gasteiger charge is -2.34. The predicted molar refractivity (Wildman–Crippen MR) is 106 cm³/mol. The van der Waals surface area contributed by atoms with E-state index >= 15 is 0 Å². The summed E-state index contributed by atoms with van der Waals surface area (Å²) in [5, 5.41) is 19.1. The van der Waals surface area contributed by atoms with Gasteiger partial charge in [0.2, 0.25) is 0 Å². The highest BCUT2D eigenvalue weighted by Crippen LogP contribution is 2.39. The number of aromatic nitrogens is 2. The molecule has 5 rings (SSSR count). The Morgan fingerprint density at radius 1 is 0.926 bits per heavy atom. The number of aryl methyl sites for hydroxylation is 2. The molecule has 0 bridgehead atoms. The Bertz CT molecular complexity index is 970. The van der Waals surface area contributed by atoms with Crippen LogP contribution in [0.25, 0.3) is 5.65 Å². The summed E-state index contributed by atoms with van der Waals surface area (Å²) in [6.45, 7) is 1.86. The van der Waals surface area contributed by atoms with Crippen LogP contribution in [0, 0.1) is 28.6 Å². The van der Waals surface area contributed by atoms with Gasteiger partial charge in [-0.3, -0.25) is 4.40 Å². The van der Waals surface area contributed by atoms with Crippen LogP contribution in [0.5, 0.6) is 0 Å². The summed E-state index contributed by atoms with van der Waals surface area (Å²) in [4.78, 5) is 7.42. The summed E-state index contributed by atoms with van der Waals surface area (Å²) in [5.41, 5.74) is 6.83. The van der Waals surface area contributed by atoms with Crippen LogP contribution in [0.2, 0.25) is 0 Å². The smallest absolute Gasteiger partial charge is 0.157 e. The van der Waals surface area contributed by atoms with Crippen molar-refractivity contribution in [2.75, 3.05) is 18.0 Å². The lowest BCUT2D eigenvalue weighted by molar-refractivity contribution is 0.482. The van der Waals surface area contributed by atoms with Gasteiger partial charge >= 0.3 is 0 Å². The van der Waals surface area contributed by atoms with Crippen molar-refractivity contribution >= 4 is 23.9 Å². The van der Waals surface area contributed by atoms with Gasteiger partial charge in [-0.25, -0.2) is 4.98 Å². The van der Waals surface area contributed by atoms with E-state index in [1.807, 2.05) is 0 Å². The molecular weight excluding hydrogens is 358 g/mol. The molecule has 1 saturated heterocycles. The highest BCUT2D eigenvalue weighted by molar-refractivity contribution is 5.85. The SMILES string of the molecule is Cl.N#Cc1c2c(c(N3CCC(C#N)CC3)n3c4c(nc13)CCCC4)CCC2. The van der Waals surface area contributed by atoms with Gasteiger partial charge in [-0.15, -0.1) is 12.4 Å². The Kier molecular flexibility index (Phi) is 4.74. The molecule has 3 heterocycles. The molecule has 5 nitrogen and oxygen atoms in total. The van der Waals surface area contributed by atoms with E-state index < -0.39 is 0 Å². The van der Waals surface area contributed by atoms with Gasteiger partial charge in [0, 0.05) is 24.7 Å². The Morgan fingerprint density at radius 3 is 2.41 bits per heavy atom. The fraction of sp³-hybridized carbons (Fsp3) is 0.571. The van der Waals surface area contributed by atoms with Gasteiger partial charge in [0.1, 0.15) is 11.9 Å². The Labute approximate surface area is 166 Å². The molecule has 140 valence electrons. The van der Waals surface area contributed by atoms with Crippen LogP contribution in [0.4, 0.5) is 5.82 Å². The molecule has 2 aromatic rings. The lowest BCUT2D eigenvalue weighted by atomic mass is 9.97. The largest absolute Gasteiger partial charge is 0.357 e. The van der Waals surface area contributed by atoms with Crippen LogP contribution < -0.4 is 4.90 Å². The Balaban J connectivity index is 0.00000180. The molecule has 0 unspecified atom stereocenters. The molecule has 0 radical (unpaired) electrons. The predicted octanol–water partition coefficient (Wildman–Crippen LogP) is 3.74. The van der Waals surface area contributed by atoms with Gasteiger partial charge in [0.25, 0.3) is 0 Å². The average Bonchev–Trinajstić information content (AvgIpc) is 3.31. The van der Waals surface area contributed by atoms with Gasteiger partial charge in [-0.05, 0) is 68.9 Å². The summed E-state index contributed by atoms with van der Waals surface area (Å²) < 4.78 is 2.34. The van der Waals surface area contributed by atoms with E-state index in [0.717, 1.165) is 69.2 Å². The molecule has 6 heteroatoms. The number of nitriles is 2. The monoisotopic (exact) mass is 381 g/mol. The molecule has 2 aromatic heterocycles. The van der Waals surface area contributed by atoms with E-state index in [2.05, 4.69) is 21.4 Å². The van der Waals surface area contributed by atoms with Gasteiger partial charge in [-0.2, -0.15) is 10.5 Å². The number of rotatable bonds is 1. The third kappa shape index (κ3) is 2.68. The highest BCUT2D eigenvalue weighted by atomic mass is 35.5. The van der Waals surface area contributed by atoms with Crippen molar-refractivity contribution in [3.05, 3.63) is 28.1 Å². The van der Waals surface area contributed by atoms with Crippen LogP contribution in [0.1, 0.15) is 60.2 Å². The van der Waals surface area contributed by atoms with Gasteiger partial charge in [-0.1, -0.05) is 0 Å². The van der Waals surface area contributed by atoms with Crippen molar-refractivity contribution in [1.82, 2.24) is 9.38 Å². The van der Waals surface area contributed by atoms with Crippen LogP contribution in [-0.4, -0.2) is 22.5 Å². The van der Waals surface area contributed by atoms with Gasteiger partial charge in [0.15, 0.2) is 5.65 Å². The standard InChI is InChI=1S/C21H23N5.ClH/c22-12-14-8-10-25(11-9-14)21-16-5-3-4-15(16)17(13-23)20-24-18-6-1-2-7-19(18)26(20)21;/h14H,1-11H2;1H. The first-order valence-corrected chi connectivity index (χ1v) is 9.94. The molecule has 2 aliphatic carbocycles. The highest BCUT2D eigenvalue weighted by Gasteiger charge is 2.31. The zero-order chi connectivity index (χ0) is 17.7. The summed E-state index contributed by atoms with van der Waals surface area (Å²) >= 11 is 0. The maximum absolute atomic E-state index is 9.88. The zero-order valence-electron chi connectivity index (χ0n) is 15.5. The number of piperidine rings is 1. The van der Waals surface area contributed by atoms with Crippen molar-refractivity contribution in [2.45, 2.75) is 57.8 Å². The van der Waals surface area contributed by atoms with Gasteiger partial charge < -0.3 is 4.90 Å². The number of halogens is 1. The molecule has 1 aliphatic heterocycles. The maximum atomic E-state index is 9.88. The first-order valence-electron chi connectivity index (χ1n) is 9.94. The molecule has 1 fully saturated rings. The van der Waals surface area contributed by atoms with E-state index in [1.54, 1.807) is 0 Å². The number of pyridine rings is 1. The topological polar surface area (TPSA) is 68.1 Å². The number of hydrogen-bond donors (Lipinski definition) is 0. The van der Waals surface area contributed by atoms with E-state index in [4.69, 9.17) is 4.98 Å². The number of anilines is 1. The van der Waals surface area contributed by atoms with Gasteiger partial charge in [0.05, 0.1) is 17.3 Å². The van der Waals surface area contributed by atoms with E-state index in [0.29, 0.717) is 0 Å². The molecule has 0 spiro atoms. The molecule has 0 N–H and O–H groups in total. The van der Waals surface area contributed by atoms with E-state index in [-0.39, 0.29) is 18.3 Å². The molecule has 3 aliphatic rings. The number of nitrogens with zero attached hydrogens (tertiary/aromatic N) is 5. The number of fused-ring (bicyclic) bond motifs is 4. The maximum Gasteiger partial charge on any atom is 0.157 e. The van der Waals surface area contributed by atoms with Crippen molar-refractivity contribution in [1.29, 1.82) is 10.5 Å². The molecule has 0 saturated carbocycles. The third-order valence-corrected chi connectivity index (χ3v) is 6.45. The second kappa shape index (κ2) is 7.06. The van der Waals surface area contributed by atoms with Crippen molar-refractivity contribution in [3.63, 3.8) is 0 Å². The molecule has 0 atom stereocenters. The first kappa shape index (κ1) is 18.1. The minimum atomic E-state index is 0. The van der Waals surface area contributed by atoms with Crippen molar-refractivity contribution in [3.8, 4) is 12.1 Å². The van der Waals surface area contributed by atoms with E-state index in [9.17, 15) is 10.5 Å². The van der Waals surface area contributed by atoms with Crippen LogP contribution >= 0.6 is 12.4 Å². The van der Waals surface area contributed by atoms with Crippen LogP contribution in [0.15, 0.2) is 0 Å². The minimum Gasteiger partial charge on any atom is -0.357 e. The summed E-state index contributed by atoms with van der Waals surface area (Å²) in [7, 11) is 0. The minimum absolute atomic E-state index is 0. The lowest BCUT2D eigenvalue weighted by Crippen LogP contribution is -2.35. The normalized spacial score (nSPS) is 19.1. The average molecular weight is 382 g/mol. The first-order chi connectivity index (χ1) is 12.8. The second-order valence-corrected chi connectivity index (χ2v) is 7.88. The fourth-order valence-corrected chi connectivity index (χ4v) is 5.14. The zero-order valence-corrected chi connectivity index (χ0v) is 16.3. The Hall–Kier alpha value is -2.24. The summed E-state index contributed by atoms with van der Waals surface area (Å²) in [5.74, 6) is 1.48. The third-order valence-electron chi connectivity index (χ3n) is 6.45. The summed E-state index contributed by atoms with van der Waals surface area (Å²) in [6, 6.07) is 4.92. The van der Waals surface area contributed by atoms with Crippen molar-refractivity contribution < 1.29 is 0 Å². The molecule has 27 heavy (non-hydrogen) atoms. The second-order valence-electron chi connectivity index (χ2n) is 7.88. The number of imidazole rings is 1. The molecule has 0 amide bonds. The van der Waals surface area contributed by atoms with Crippen molar-refractivity contribution in [2.24, 2.45) is 5.92 Å².